The Morgan fingerprint density at radius 3 is 1.56 bits per heavy atom. The molecular weight excluding hydrogens is 208 g/mol. The number of unbranched alkanes of at least 4 members (excludes halogenated alkanes) is 3. The van der Waals surface area contributed by atoms with Gasteiger partial charge in [-0.05, 0) is 38.5 Å². The molecule has 0 spiro atoms. The van der Waals surface area contributed by atoms with Gasteiger partial charge in [-0.15, -0.1) is 0 Å². The van der Waals surface area contributed by atoms with Crippen molar-refractivity contribution in [3.8, 4) is 0 Å². The van der Waals surface area contributed by atoms with E-state index in [1.54, 1.807) is 0 Å². The predicted molar refractivity (Wildman–Crippen MR) is 63.1 cm³/mol. The summed E-state index contributed by atoms with van der Waals surface area (Å²) in [6, 6.07) is 0. The Hall–Kier alpha value is -0.160. The molecule has 0 aliphatic heterocycles. The first kappa shape index (κ1) is 15.8. The molecule has 0 aliphatic carbocycles. The van der Waals surface area contributed by atoms with Gasteiger partial charge in [-0.25, -0.2) is 0 Å². The van der Waals surface area contributed by atoms with E-state index in [2.05, 4.69) is 0 Å². The minimum absolute atomic E-state index is 0.163. The van der Waals surface area contributed by atoms with E-state index in [1.807, 2.05) is 0 Å². The first-order chi connectivity index (χ1) is 7.70. The second-order valence-electron chi connectivity index (χ2n) is 4.34. The van der Waals surface area contributed by atoms with Gasteiger partial charge in [0.2, 0.25) is 0 Å². The third kappa shape index (κ3) is 10.4. The van der Waals surface area contributed by atoms with Crippen LogP contribution in [0.2, 0.25) is 0 Å². The summed E-state index contributed by atoms with van der Waals surface area (Å²) in [6.07, 6.45) is 4.97. The van der Waals surface area contributed by atoms with Crippen molar-refractivity contribution in [1.29, 1.82) is 0 Å². The van der Waals surface area contributed by atoms with Gasteiger partial charge in [-0.1, -0.05) is 12.8 Å². The van der Waals surface area contributed by atoms with Crippen molar-refractivity contribution in [2.24, 2.45) is 0 Å². The van der Waals surface area contributed by atoms with Crippen molar-refractivity contribution in [1.82, 2.24) is 0 Å². The van der Waals surface area contributed by atoms with Crippen LogP contribution in [-0.4, -0.2) is 45.8 Å². The third-order valence-corrected chi connectivity index (χ3v) is 2.69. The maximum absolute atomic E-state index is 9.60. The molecule has 2 unspecified atom stereocenters. The SMILES string of the molecule is OCCCCCC(O)CC(O)CCCCO. The maximum atomic E-state index is 9.60. The van der Waals surface area contributed by atoms with Crippen LogP contribution < -0.4 is 0 Å². The molecule has 0 aromatic rings. The molecule has 0 saturated carbocycles. The van der Waals surface area contributed by atoms with Crippen molar-refractivity contribution in [2.45, 2.75) is 63.6 Å². The van der Waals surface area contributed by atoms with E-state index < -0.39 is 12.2 Å². The highest BCUT2D eigenvalue weighted by atomic mass is 16.3. The topological polar surface area (TPSA) is 80.9 Å². The standard InChI is InChI=1S/C12H26O4/c13-8-4-1-2-6-11(15)10-12(16)7-3-5-9-14/h11-16H,1-10H2. The molecule has 0 saturated heterocycles. The van der Waals surface area contributed by atoms with E-state index in [1.165, 1.54) is 0 Å². The van der Waals surface area contributed by atoms with E-state index in [-0.39, 0.29) is 13.2 Å². The Labute approximate surface area is 97.9 Å². The van der Waals surface area contributed by atoms with Crippen LogP contribution in [0.15, 0.2) is 0 Å². The summed E-state index contributed by atoms with van der Waals surface area (Å²) < 4.78 is 0. The van der Waals surface area contributed by atoms with Gasteiger partial charge in [-0.3, -0.25) is 0 Å². The Balaban J connectivity index is 3.35. The molecule has 0 bridgehead atoms. The number of hydrogen-bond acceptors (Lipinski definition) is 4. The minimum Gasteiger partial charge on any atom is -0.396 e. The van der Waals surface area contributed by atoms with Crippen LogP contribution in [-0.2, 0) is 0 Å². The van der Waals surface area contributed by atoms with Crippen molar-refractivity contribution in [2.75, 3.05) is 13.2 Å². The Morgan fingerprint density at radius 2 is 1.06 bits per heavy atom. The number of rotatable bonds is 11. The summed E-state index contributed by atoms with van der Waals surface area (Å²) in [4.78, 5) is 0. The molecule has 0 radical (unpaired) electrons. The molecule has 2 atom stereocenters. The quantitative estimate of drug-likeness (QED) is 0.399. The van der Waals surface area contributed by atoms with E-state index in [9.17, 15) is 10.2 Å². The Morgan fingerprint density at radius 1 is 0.625 bits per heavy atom. The molecule has 0 fully saturated rings. The summed E-state index contributed by atoms with van der Waals surface area (Å²) in [7, 11) is 0. The fraction of sp³-hybridized carbons (Fsp3) is 1.00. The van der Waals surface area contributed by atoms with Crippen molar-refractivity contribution < 1.29 is 20.4 Å². The lowest BCUT2D eigenvalue weighted by Crippen LogP contribution is -2.17. The Kier molecular flexibility index (Phi) is 11.2. The van der Waals surface area contributed by atoms with E-state index in [0.29, 0.717) is 25.7 Å². The van der Waals surface area contributed by atoms with Gasteiger partial charge in [-0.2, -0.15) is 0 Å². The highest BCUT2D eigenvalue weighted by molar-refractivity contribution is 4.64. The van der Waals surface area contributed by atoms with Crippen LogP contribution >= 0.6 is 0 Å². The summed E-state index contributed by atoms with van der Waals surface area (Å²) in [5.41, 5.74) is 0. The Bertz CT molecular complexity index is 141. The fourth-order valence-corrected chi connectivity index (χ4v) is 1.71. The fourth-order valence-electron chi connectivity index (χ4n) is 1.71. The van der Waals surface area contributed by atoms with Gasteiger partial charge in [0.1, 0.15) is 0 Å². The zero-order valence-corrected chi connectivity index (χ0v) is 10.0. The molecule has 98 valence electrons. The lowest BCUT2D eigenvalue weighted by molar-refractivity contribution is 0.0671. The first-order valence-corrected chi connectivity index (χ1v) is 6.28. The average Bonchev–Trinajstić information content (AvgIpc) is 2.25. The van der Waals surface area contributed by atoms with Gasteiger partial charge in [0, 0.05) is 13.2 Å². The van der Waals surface area contributed by atoms with Crippen LogP contribution in [0.25, 0.3) is 0 Å². The zero-order valence-electron chi connectivity index (χ0n) is 10.0. The molecule has 0 amide bonds. The van der Waals surface area contributed by atoms with Gasteiger partial charge in [0.05, 0.1) is 12.2 Å². The second-order valence-corrected chi connectivity index (χ2v) is 4.34. The summed E-state index contributed by atoms with van der Waals surface area (Å²) in [6.45, 7) is 0.371. The molecular formula is C12H26O4. The minimum atomic E-state index is -0.459. The lowest BCUT2D eigenvalue weighted by Gasteiger charge is -2.15. The van der Waals surface area contributed by atoms with E-state index >= 15 is 0 Å². The highest BCUT2D eigenvalue weighted by Crippen LogP contribution is 2.12. The second kappa shape index (κ2) is 11.3. The van der Waals surface area contributed by atoms with E-state index in [0.717, 1.165) is 25.7 Å². The number of hydrogen-bond donors (Lipinski definition) is 4. The van der Waals surface area contributed by atoms with Gasteiger partial charge >= 0.3 is 0 Å². The summed E-state index contributed by atoms with van der Waals surface area (Å²) in [5, 5.41) is 36.3. The van der Waals surface area contributed by atoms with Crippen LogP contribution in [0.1, 0.15) is 51.4 Å². The zero-order chi connectivity index (χ0) is 12.2. The van der Waals surface area contributed by atoms with Crippen molar-refractivity contribution in [3.63, 3.8) is 0 Å². The van der Waals surface area contributed by atoms with Crippen molar-refractivity contribution in [3.05, 3.63) is 0 Å². The molecule has 16 heavy (non-hydrogen) atoms. The predicted octanol–water partition coefficient (Wildman–Crippen LogP) is 0.814. The highest BCUT2D eigenvalue weighted by Gasteiger charge is 2.11. The van der Waals surface area contributed by atoms with Crippen LogP contribution in [0.3, 0.4) is 0 Å². The molecule has 0 rings (SSSR count). The largest absolute Gasteiger partial charge is 0.396 e. The third-order valence-electron chi connectivity index (χ3n) is 2.69. The molecule has 4 heteroatoms. The maximum Gasteiger partial charge on any atom is 0.0564 e. The van der Waals surface area contributed by atoms with Crippen LogP contribution in [0.4, 0.5) is 0 Å². The molecule has 0 heterocycles. The number of aliphatic hydroxyl groups is 4. The van der Waals surface area contributed by atoms with Gasteiger partial charge in [0.15, 0.2) is 0 Å². The monoisotopic (exact) mass is 234 g/mol. The lowest BCUT2D eigenvalue weighted by atomic mass is 10.0. The van der Waals surface area contributed by atoms with Crippen LogP contribution in [0.5, 0.6) is 0 Å². The molecule has 4 N–H and O–H groups in total. The normalized spacial score (nSPS) is 15.0. The van der Waals surface area contributed by atoms with Gasteiger partial charge < -0.3 is 20.4 Å². The van der Waals surface area contributed by atoms with Crippen LogP contribution in [0, 0.1) is 0 Å². The molecule has 0 aromatic carbocycles. The summed E-state index contributed by atoms with van der Waals surface area (Å²) >= 11 is 0. The molecule has 0 aromatic heterocycles. The summed E-state index contributed by atoms with van der Waals surface area (Å²) in [5.74, 6) is 0. The smallest absolute Gasteiger partial charge is 0.0564 e. The van der Waals surface area contributed by atoms with Gasteiger partial charge in [0.25, 0.3) is 0 Å². The van der Waals surface area contributed by atoms with Crippen molar-refractivity contribution >= 4 is 0 Å². The number of aliphatic hydroxyl groups excluding tert-OH is 4. The molecule has 4 nitrogen and oxygen atoms in total. The van der Waals surface area contributed by atoms with E-state index in [4.69, 9.17) is 10.2 Å². The first-order valence-electron chi connectivity index (χ1n) is 6.28. The molecule has 0 aliphatic rings. The average molecular weight is 234 g/mol.